The number of benzene rings is 1. The lowest BCUT2D eigenvalue weighted by atomic mass is 9.81. The van der Waals surface area contributed by atoms with Gasteiger partial charge in [0.15, 0.2) is 0 Å². The van der Waals surface area contributed by atoms with Crippen LogP contribution in [0.5, 0.6) is 0 Å². The van der Waals surface area contributed by atoms with E-state index in [4.69, 9.17) is 0 Å². The molecule has 1 aromatic carbocycles. The number of likely N-dealkylation sites (tertiary alicyclic amines) is 1. The topological polar surface area (TPSA) is 113 Å². The number of carbonyl (C=O) groups excluding carboxylic acids is 3. The Morgan fingerprint density at radius 3 is 2.15 bits per heavy atom. The number of nitrogens with one attached hydrogen (secondary N) is 2. The molecular weight excluding hydrogens is 370 g/mol. The standard InChI is InChI=1S/C18H23N3O5S/c1-19-27(25,26)13-8-6-12(7-9-13)20-16(22)10-11-21-17(23)14-4-2-3-5-15(14)18(21)24/h6-9,14-15,19H,2-5,10-11H2,1H3,(H,20,22)/t14-,15-/m1/s1. The molecule has 1 aliphatic carbocycles. The van der Waals surface area contributed by atoms with Crippen LogP contribution in [0, 0.1) is 11.8 Å². The van der Waals surface area contributed by atoms with Crippen molar-refractivity contribution >= 4 is 33.4 Å². The molecular formula is C18H23N3O5S. The Kier molecular flexibility index (Phi) is 5.61. The molecule has 0 aromatic heterocycles. The van der Waals surface area contributed by atoms with Gasteiger partial charge in [-0.1, -0.05) is 12.8 Å². The van der Waals surface area contributed by atoms with Gasteiger partial charge in [-0.2, -0.15) is 0 Å². The molecule has 0 bridgehead atoms. The largest absolute Gasteiger partial charge is 0.326 e. The number of hydrogen-bond donors (Lipinski definition) is 2. The summed E-state index contributed by atoms with van der Waals surface area (Å²) in [5.41, 5.74) is 0.447. The first-order valence-corrected chi connectivity index (χ1v) is 10.5. The predicted molar refractivity (Wildman–Crippen MR) is 98.1 cm³/mol. The van der Waals surface area contributed by atoms with E-state index in [1.165, 1.54) is 36.2 Å². The third-order valence-corrected chi connectivity index (χ3v) is 6.64. The van der Waals surface area contributed by atoms with Gasteiger partial charge < -0.3 is 5.32 Å². The molecule has 146 valence electrons. The quantitative estimate of drug-likeness (QED) is 0.703. The van der Waals surface area contributed by atoms with Crippen LogP contribution in [-0.4, -0.2) is 44.6 Å². The van der Waals surface area contributed by atoms with Gasteiger partial charge in [-0.15, -0.1) is 0 Å². The van der Waals surface area contributed by atoms with Gasteiger partial charge >= 0.3 is 0 Å². The minimum atomic E-state index is -3.53. The van der Waals surface area contributed by atoms with Crippen molar-refractivity contribution in [3.8, 4) is 0 Å². The molecule has 0 radical (unpaired) electrons. The summed E-state index contributed by atoms with van der Waals surface area (Å²) in [6.45, 7) is 0.0721. The zero-order chi connectivity index (χ0) is 19.6. The molecule has 1 saturated heterocycles. The van der Waals surface area contributed by atoms with Crippen molar-refractivity contribution in [3.05, 3.63) is 24.3 Å². The van der Waals surface area contributed by atoms with Gasteiger partial charge in [-0.05, 0) is 44.2 Å². The minimum absolute atomic E-state index is 0.00743. The SMILES string of the molecule is CNS(=O)(=O)c1ccc(NC(=O)CCN2C(=O)[C@@H]3CCCC[C@H]3C2=O)cc1. The number of anilines is 1. The van der Waals surface area contributed by atoms with E-state index in [0.29, 0.717) is 5.69 Å². The molecule has 8 nitrogen and oxygen atoms in total. The zero-order valence-corrected chi connectivity index (χ0v) is 15.9. The average Bonchev–Trinajstić information content (AvgIpc) is 2.91. The molecule has 2 atom stereocenters. The third-order valence-electron chi connectivity index (χ3n) is 5.21. The highest BCUT2D eigenvalue weighted by atomic mass is 32.2. The summed E-state index contributed by atoms with van der Waals surface area (Å²) in [6.07, 6.45) is 3.44. The lowest BCUT2D eigenvalue weighted by Crippen LogP contribution is -2.34. The molecule has 3 amide bonds. The van der Waals surface area contributed by atoms with E-state index < -0.39 is 10.0 Å². The molecule has 0 unspecified atom stereocenters. The lowest BCUT2D eigenvalue weighted by Gasteiger charge is -2.19. The molecule has 1 aromatic rings. The first kappa shape index (κ1) is 19.5. The molecule has 9 heteroatoms. The van der Waals surface area contributed by atoms with Crippen LogP contribution in [0.15, 0.2) is 29.2 Å². The number of sulfonamides is 1. The summed E-state index contributed by atoms with van der Waals surface area (Å²) in [6, 6.07) is 5.75. The first-order valence-electron chi connectivity index (χ1n) is 9.02. The Morgan fingerprint density at radius 1 is 1.07 bits per heavy atom. The lowest BCUT2D eigenvalue weighted by molar-refractivity contribution is -0.140. The van der Waals surface area contributed by atoms with Gasteiger partial charge in [0.05, 0.1) is 16.7 Å². The van der Waals surface area contributed by atoms with Gasteiger partial charge in [-0.25, -0.2) is 13.1 Å². The Balaban J connectivity index is 1.55. The Hall–Kier alpha value is -2.26. The molecule has 2 fully saturated rings. The predicted octanol–water partition coefficient (Wildman–Crippen LogP) is 1.10. The van der Waals surface area contributed by atoms with Crippen LogP contribution >= 0.6 is 0 Å². The van der Waals surface area contributed by atoms with Gasteiger partial charge in [0.1, 0.15) is 0 Å². The number of hydrogen-bond acceptors (Lipinski definition) is 5. The van der Waals surface area contributed by atoms with Gasteiger partial charge in [0.2, 0.25) is 27.7 Å². The number of fused-ring (bicyclic) bond motifs is 1. The number of carbonyl (C=O) groups is 3. The van der Waals surface area contributed by atoms with Crippen molar-refractivity contribution in [3.63, 3.8) is 0 Å². The molecule has 2 aliphatic rings. The van der Waals surface area contributed by atoms with Crippen molar-refractivity contribution in [1.82, 2.24) is 9.62 Å². The Morgan fingerprint density at radius 2 is 1.63 bits per heavy atom. The van der Waals surface area contributed by atoms with Gasteiger partial charge in [-0.3, -0.25) is 19.3 Å². The fraction of sp³-hybridized carbons (Fsp3) is 0.500. The summed E-state index contributed by atoms with van der Waals surface area (Å²) in [5.74, 6) is -1.07. The number of amides is 3. The molecule has 1 aliphatic heterocycles. The van der Waals surface area contributed by atoms with Gasteiger partial charge in [0.25, 0.3) is 0 Å². The number of nitrogens with zero attached hydrogens (tertiary/aromatic N) is 1. The maximum Gasteiger partial charge on any atom is 0.240 e. The van der Waals surface area contributed by atoms with Crippen molar-refractivity contribution in [2.24, 2.45) is 11.8 Å². The van der Waals surface area contributed by atoms with Crippen molar-refractivity contribution in [1.29, 1.82) is 0 Å². The Labute approximate surface area is 158 Å². The van der Waals surface area contributed by atoms with E-state index in [9.17, 15) is 22.8 Å². The van der Waals surface area contributed by atoms with E-state index >= 15 is 0 Å². The van der Waals surface area contributed by atoms with Crippen molar-refractivity contribution in [2.75, 3.05) is 18.9 Å². The van der Waals surface area contributed by atoms with Crippen LogP contribution in [0.25, 0.3) is 0 Å². The van der Waals surface area contributed by atoms with E-state index in [0.717, 1.165) is 25.7 Å². The fourth-order valence-corrected chi connectivity index (χ4v) is 4.45. The molecule has 2 N–H and O–H groups in total. The second kappa shape index (κ2) is 7.77. The van der Waals surface area contributed by atoms with E-state index in [-0.39, 0.29) is 47.4 Å². The zero-order valence-electron chi connectivity index (χ0n) is 15.1. The Bertz CT molecular complexity index is 826. The maximum atomic E-state index is 12.4. The van der Waals surface area contributed by atoms with Crippen LogP contribution in [0.1, 0.15) is 32.1 Å². The van der Waals surface area contributed by atoms with Crippen molar-refractivity contribution in [2.45, 2.75) is 37.0 Å². The molecule has 1 saturated carbocycles. The van der Waals surface area contributed by atoms with E-state index in [1.807, 2.05) is 0 Å². The van der Waals surface area contributed by atoms with Crippen LogP contribution in [0.3, 0.4) is 0 Å². The van der Waals surface area contributed by atoms with Crippen molar-refractivity contribution < 1.29 is 22.8 Å². The number of rotatable bonds is 6. The monoisotopic (exact) mass is 393 g/mol. The average molecular weight is 393 g/mol. The molecule has 1 heterocycles. The summed E-state index contributed by atoms with van der Waals surface area (Å²) in [5, 5.41) is 2.65. The molecule has 3 rings (SSSR count). The van der Waals surface area contributed by atoms with E-state index in [2.05, 4.69) is 10.0 Å². The number of imide groups is 1. The third kappa shape index (κ3) is 4.03. The highest BCUT2D eigenvalue weighted by Crippen LogP contribution is 2.37. The minimum Gasteiger partial charge on any atom is -0.326 e. The molecule has 0 spiro atoms. The fourth-order valence-electron chi connectivity index (χ4n) is 3.72. The second-order valence-electron chi connectivity index (χ2n) is 6.86. The van der Waals surface area contributed by atoms with Crippen LogP contribution in [0.4, 0.5) is 5.69 Å². The smallest absolute Gasteiger partial charge is 0.240 e. The normalized spacial score (nSPS) is 22.6. The van der Waals surface area contributed by atoms with E-state index in [1.54, 1.807) is 0 Å². The highest BCUT2D eigenvalue weighted by Gasteiger charge is 2.47. The van der Waals surface area contributed by atoms with Crippen LogP contribution < -0.4 is 10.0 Å². The molecule has 27 heavy (non-hydrogen) atoms. The summed E-state index contributed by atoms with van der Waals surface area (Å²) >= 11 is 0. The first-order chi connectivity index (χ1) is 12.8. The summed E-state index contributed by atoms with van der Waals surface area (Å²) in [4.78, 5) is 38.2. The van der Waals surface area contributed by atoms with Gasteiger partial charge in [0, 0.05) is 18.7 Å². The summed E-state index contributed by atoms with van der Waals surface area (Å²) in [7, 11) is -2.21. The second-order valence-corrected chi connectivity index (χ2v) is 8.74. The highest BCUT2D eigenvalue weighted by molar-refractivity contribution is 7.89. The maximum absolute atomic E-state index is 12.4. The van der Waals surface area contributed by atoms with Crippen LogP contribution in [-0.2, 0) is 24.4 Å². The van der Waals surface area contributed by atoms with Crippen LogP contribution in [0.2, 0.25) is 0 Å². The summed E-state index contributed by atoms with van der Waals surface area (Å²) < 4.78 is 25.6.